The van der Waals surface area contributed by atoms with Crippen LogP contribution in [-0.2, 0) is 0 Å². The Labute approximate surface area is 90.7 Å². The lowest BCUT2D eigenvalue weighted by atomic mass is 10.2. The van der Waals surface area contributed by atoms with Gasteiger partial charge in [0.15, 0.2) is 0 Å². The highest BCUT2D eigenvalue weighted by Crippen LogP contribution is 2.19. The molecule has 1 aromatic carbocycles. The lowest BCUT2D eigenvalue weighted by Gasteiger charge is -2.02. The van der Waals surface area contributed by atoms with Crippen LogP contribution in [0.1, 0.15) is 0 Å². The van der Waals surface area contributed by atoms with Crippen LogP contribution in [0.2, 0.25) is 0 Å². The molecule has 0 aliphatic carbocycles. The van der Waals surface area contributed by atoms with Gasteiger partial charge in [-0.3, -0.25) is 9.20 Å². The molecule has 0 spiro atoms. The molecule has 0 aliphatic heterocycles. The van der Waals surface area contributed by atoms with Gasteiger partial charge in [0.1, 0.15) is 11.3 Å². The fourth-order valence-corrected chi connectivity index (χ4v) is 1.75. The molecular formula is C12H9NO3. The molecule has 4 nitrogen and oxygen atoms in total. The molecule has 0 amide bonds. The second-order valence-electron chi connectivity index (χ2n) is 3.49. The van der Waals surface area contributed by atoms with E-state index in [0.717, 1.165) is 0 Å². The number of aromatic nitrogens is 1. The average Bonchev–Trinajstić information content (AvgIpc) is 2.77. The average molecular weight is 215 g/mol. The second-order valence-corrected chi connectivity index (χ2v) is 3.49. The van der Waals surface area contributed by atoms with Gasteiger partial charge in [-0.2, -0.15) is 0 Å². The van der Waals surface area contributed by atoms with Gasteiger partial charge in [0.2, 0.25) is 5.71 Å². The van der Waals surface area contributed by atoms with Crippen LogP contribution in [0.5, 0.6) is 5.75 Å². The topological polar surface area (TPSA) is 43.9 Å². The first-order valence-corrected chi connectivity index (χ1v) is 4.87. The highest BCUT2D eigenvalue weighted by molar-refractivity contribution is 5.78. The van der Waals surface area contributed by atoms with Gasteiger partial charge in [-0.05, 0) is 18.2 Å². The Hall–Kier alpha value is -2.23. The monoisotopic (exact) mass is 215 g/mol. The molecule has 0 saturated heterocycles. The van der Waals surface area contributed by atoms with Crippen LogP contribution in [0.15, 0.2) is 45.7 Å². The van der Waals surface area contributed by atoms with Crippen LogP contribution in [0.25, 0.3) is 16.7 Å². The Balaban J connectivity index is 2.51. The number of nitrogens with zero attached hydrogens (tertiary/aromatic N) is 1. The number of ether oxygens (including phenoxy) is 1. The van der Waals surface area contributed by atoms with Gasteiger partial charge in [-0.15, -0.1) is 0 Å². The smallest absolute Gasteiger partial charge is 0.268 e. The maximum Gasteiger partial charge on any atom is 0.268 e. The van der Waals surface area contributed by atoms with E-state index in [1.165, 1.54) is 4.40 Å². The summed E-state index contributed by atoms with van der Waals surface area (Å²) >= 11 is 0. The molecule has 0 N–H and O–H groups in total. The minimum absolute atomic E-state index is 0.0797. The van der Waals surface area contributed by atoms with Crippen molar-refractivity contribution in [3.8, 4) is 5.75 Å². The van der Waals surface area contributed by atoms with Crippen LogP contribution in [0.4, 0.5) is 0 Å². The quantitative estimate of drug-likeness (QED) is 0.624. The van der Waals surface area contributed by atoms with Crippen molar-refractivity contribution in [3.05, 3.63) is 46.9 Å². The van der Waals surface area contributed by atoms with Crippen molar-refractivity contribution < 1.29 is 9.15 Å². The molecular weight excluding hydrogens is 206 g/mol. The number of rotatable bonds is 1. The van der Waals surface area contributed by atoms with E-state index >= 15 is 0 Å². The van der Waals surface area contributed by atoms with Gasteiger partial charge >= 0.3 is 0 Å². The van der Waals surface area contributed by atoms with Crippen LogP contribution in [0, 0.1) is 0 Å². The fraction of sp³-hybridized carbons (Fsp3) is 0.0833. The molecule has 0 bridgehead atoms. The minimum atomic E-state index is -0.0797. The zero-order valence-corrected chi connectivity index (χ0v) is 8.64. The molecule has 80 valence electrons. The summed E-state index contributed by atoms with van der Waals surface area (Å²) in [6, 6.07) is 8.69. The summed E-state index contributed by atoms with van der Waals surface area (Å²) in [5.41, 5.74) is 0.991. The van der Waals surface area contributed by atoms with Gasteiger partial charge in [-0.25, -0.2) is 0 Å². The Morgan fingerprint density at radius 3 is 3.00 bits per heavy atom. The maximum absolute atomic E-state index is 12.0. The zero-order chi connectivity index (χ0) is 11.1. The summed E-state index contributed by atoms with van der Waals surface area (Å²) in [4.78, 5) is 12.0. The lowest BCUT2D eigenvalue weighted by molar-refractivity contribution is 0.414. The Morgan fingerprint density at radius 2 is 2.19 bits per heavy atom. The predicted octanol–water partition coefficient (Wildman–Crippen LogP) is 2.05. The molecule has 3 aromatic rings. The summed E-state index contributed by atoms with van der Waals surface area (Å²) in [5, 5.41) is 0.546. The Bertz CT molecular complexity index is 724. The maximum atomic E-state index is 12.0. The molecule has 4 heteroatoms. The molecule has 0 aliphatic rings. The van der Waals surface area contributed by atoms with E-state index < -0.39 is 0 Å². The molecule has 16 heavy (non-hydrogen) atoms. The predicted molar refractivity (Wildman–Crippen MR) is 60.0 cm³/mol. The number of benzene rings is 1. The van der Waals surface area contributed by atoms with Crippen molar-refractivity contribution >= 4 is 16.7 Å². The van der Waals surface area contributed by atoms with E-state index in [4.69, 9.17) is 9.15 Å². The summed E-state index contributed by atoms with van der Waals surface area (Å²) < 4.78 is 12.2. The number of methoxy groups -OCH3 is 1. The first-order chi connectivity index (χ1) is 7.79. The highest BCUT2D eigenvalue weighted by atomic mass is 16.5. The van der Waals surface area contributed by atoms with Gasteiger partial charge in [-0.1, -0.05) is 0 Å². The number of hydrogen-bond acceptors (Lipinski definition) is 3. The van der Waals surface area contributed by atoms with E-state index in [0.29, 0.717) is 22.4 Å². The molecule has 0 atom stereocenters. The summed E-state index contributed by atoms with van der Waals surface area (Å²) in [5.74, 6) is 0.673. The molecule has 0 fully saturated rings. The van der Waals surface area contributed by atoms with Crippen LogP contribution < -0.4 is 10.3 Å². The van der Waals surface area contributed by atoms with Crippen molar-refractivity contribution in [2.24, 2.45) is 0 Å². The summed E-state index contributed by atoms with van der Waals surface area (Å²) in [6.07, 6.45) is 1.69. The van der Waals surface area contributed by atoms with Gasteiger partial charge < -0.3 is 9.15 Å². The zero-order valence-electron chi connectivity index (χ0n) is 8.64. The normalized spacial score (nSPS) is 11.1. The van der Waals surface area contributed by atoms with E-state index in [1.807, 2.05) is 0 Å². The minimum Gasteiger partial charge on any atom is -0.497 e. The molecule has 2 aromatic heterocycles. The third-order valence-corrected chi connectivity index (χ3v) is 2.56. The van der Waals surface area contributed by atoms with Crippen LogP contribution in [0.3, 0.4) is 0 Å². The van der Waals surface area contributed by atoms with Gasteiger partial charge in [0.05, 0.1) is 12.5 Å². The molecule has 0 radical (unpaired) electrons. The standard InChI is InChI=1S/C12H9NO3/c1-15-8-4-5-9-10(7-8)16-11-3-2-6-13(11)12(9)14/h2-7H,1H3. The van der Waals surface area contributed by atoms with E-state index in [9.17, 15) is 4.79 Å². The third-order valence-electron chi connectivity index (χ3n) is 2.56. The van der Waals surface area contributed by atoms with E-state index in [-0.39, 0.29) is 5.56 Å². The van der Waals surface area contributed by atoms with E-state index in [2.05, 4.69) is 0 Å². The first-order valence-electron chi connectivity index (χ1n) is 4.87. The van der Waals surface area contributed by atoms with Crippen molar-refractivity contribution in [3.63, 3.8) is 0 Å². The summed E-state index contributed by atoms with van der Waals surface area (Å²) in [6.45, 7) is 0. The lowest BCUT2D eigenvalue weighted by Crippen LogP contribution is -2.11. The largest absolute Gasteiger partial charge is 0.497 e. The van der Waals surface area contributed by atoms with Crippen molar-refractivity contribution in [2.75, 3.05) is 7.11 Å². The number of hydrogen-bond donors (Lipinski definition) is 0. The van der Waals surface area contributed by atoms with Gasteiger partial charge in [0.25, 0.3) is 5.56 Å². The van der Waals surface area contributed by atoms with Crippen LogP contribution >= 0.6 is 0 Å². The molecule has 2 heterocycles. The molecule has 3 rings (SSSR count). The van der Waals surface area contributed by atoms with E-state index in [1.54, 1.807) is 43.6 Å². The second kappa shape index (κ2) is 3.13. The number of fused-ring (bicyclic) bond motifs is 2. The first kappa shape index (κ1) is 9.03. The Morgan fingerprint density at radius 1 is 1.31 bits per heavy atom. The highest BCUT2D eigenvalue weighted by Gasteiger charge is 2.07. The SMILES string of the molecule is COc1ccc2c(=O)n3cccc3oc2c1. The van der Waals surface area contributed by atoms with Gasteiger partial charge in [0, 0.05) is 18.3 Å². The molecule has 0 saturated carbocycles. The van der Waals surface area contributed by atoms with Crippen molar-refractivity contribution in [1.82, 2.24) is 4.40 Å². The summed E-state index contributed by atoms with van der Waals surface area (Å²) in [7, 11) is 1.58. The van der Waals surface area contributed by atoms with Crippen molar-refractivity contribution in [2.45, 2.75) is 0 Å². The van der Waals surface area contributed by atoms with Crippen molar-refractivity contribution in [1.29, 1.82) is 0 Å². The van der Waals surface area contributed by atoms with Crippen LogP contribution in [-0.4, -0.2) is 11.5 Å². The fourth-order valence-electron chi connectivity index (χ4n) is 1.75. The Kier molecular flexibility index (Phi) is 1.77. The molecule has 0 unspecified atom stereocenters. The third kappa shape index (κ3) is 1.13.